The van der Waals surface area contributed by atoms with Crippen molar-refractivity contribution >= 4 is 5.82 Å². The van der Waals surface area contributed by atoms with Gasteiger partial charge in [0.15, 0.2) is 11.6 Å². The third kappa shape index (κ3) is 2.38. The van der Waals surface area contributed by atoms with Gasteiger partial charge in [-0.15, -0.1) is 0 Å². The maximum Gasteiger partial charge on any atom is 0.168 e. The molecule has 1 aliphatic rings. The van der Waals surface area contributed by atoms with Gasteiger partial charge in [-0.1, -0.05) is 0 Å². The minimum Gasteiger partial charge on any atom is -0.490 e. The average Bonchev–Trinajstić information content (AvgIpc) is 3.08. The summed E-state index contributed by atoms with van der Waals surface area (Å²) in [5.41, 5.74) is 6.41. The molecule has 6 heteroatoms. The summed E-state index contributed by atoms with van der Waals surface area (Å²) < 4.78 is 32.7. The second kappa shape index (κ2) is 4.53. The second-order valence-electron chi connectivity index (χ2n) is 4.72. The number of nitrogens with one attached hydrogen (secondary N) is 1. The predicted molar refractivity (Wildman–Crippen MR) is 66.6 cm³/mol. The van der Waals surface area contributed by atoms with Gasteiger partial charge in [-0.05, 0) is 24.8 Å². The molecular weight excluding hydrogens is 252 g/mol. The van der Waals surface area contributed by atoms with E-state index in [0.29, 0.717) is 18.1 Å². The molecule has 0 spiro atoms. The quantitative estimate of drug-likeness (QED) is 0.893. The van der Waals surface area contributed by atoms with E-state index in [1.54, 1.807) is 0 Å². The van der Waals surface area contributed by atoms with E-state index in [0.717, 1.165) is 18.9 Å². The summed E-state index contributed by atoms with van der Waals surface area (Å²) in [5, 5.41) is 6.29. The molecule has 0 radical (unpaired) electrons. The van der Waals surface area contributed by atoms with E-state index in [-0.39, 0.29) is 17.1 Å². The van der Waals surface area contributed by atoms with Crippen molar-refractivity contribution < 1.29 is 13.5 Å². The number of hydrogen-bond acceptors (Lipinski definition) is 3. The number of nitrogens with two attached hydrogens (primary N) is 1. The first-order valence-corrected chi connectivity index (χ1v) is 6.06. The molecule has 0 unspecified atom stereocenters. The first-order chi connectivity index (χ1) is 9.15. The molecule has 0 amide bonds. The van der Waals surface area contributed by atoms with Gasteiger partial charge in [0.1, 0.15) is 11.6 Å². The van der Waals surface area contributed by atoms with E-state index in [9.17, 15) is 8.78 Å². The van der Waals surface area contributed by atoms with Gasteiger partial charge in [-0.25, -0.2) is 8.78 Å². The zero-order valence-electron chi connectivity index (χ0n) is 10.1. The molecule has 1 aromatic heterocycles. The van der Waals surface area contributed by atoms with Crippen LogP contribution in [0.15, 0.2) is 18.3 Å². The molecule has 1 saturated carbocycles. The summed E-state index contributed by atoms with van der Waals surface area (Å²) in [7, 11) is 0. The molecule has 0 atom stereocenters. The smallest absolute Gasteiger partial charge is 0.168 e. The highest BCUT2D eigenvalue weighted by Gasteiger charge is 2.24. The van der Waals surface area contributed by atoms with Crippen LogP contribution in [0, 0.1) is 17.6 Å². The van der Waals surface area contributed by atoms with Gasteiger partial charge in [0, 0.05) is 17.2 Å². The standard InChI is InChI=1S/C13H13F2N3O/c14-8-3-9(10-5-17-18-13(10)16)12(11(15)4-8)19-6-7-1-2-7/h3-5,7H,1-2,6H2,(H3,16,17,18). The zero-order valence-corrected chi connectivity index (χ0v) is 10.1. The first kappa shape index (κ1) is 12.0. The number of nitrogens with zero attached hydrogens (tertiary/aromatic N) is 1. The van der Waals surface area contributed by atoms with Crippen LogP contribution in [-0.2, 0) is 0 Å². The number of anilines is 1. The fourth-order valence-electron chi connectivity index (χ4n) is 1.90. The second-order valence-corrected chi connectivity index (χ2v) is 4.72. The van der Waals surface area contributed by atoms with Crippen molar-refractivity contribution in [1.29, 1.82) is 0 Å². The maximum absolute atomic E-state index is 13.9. The number of aromatic amines is 1. The summed E-state index contributed by atoms with van der Waals surface area (Å²) in [6, 6.07) is 2.01. The van der Waals surface area contributed by atoms with Gasteiger partial charge in [-0.2, -0.15) is 5.10 Å². The van der Waals surface area contributed by atoms with Crippen LogP contribution in [0.25, 0.3) is 11.1 Å². The average molecular weight is 265 g/mol. The molecule has 2 aromatic rings. The highest BCUT2D eigenvalue weighted by atomic mass is 19.1. The fourth-order valence-corrected chi connectivity index (χ4v) is 1.90. The summed E-state index contributed by atoms with van der Waals surface area (Å²) in [6.45, 7) is 0.438. The van der Waals surface area contributed by atoms with E-state index >= 15 is 0 Å². The van der Waals surface area contributed by atoms with Crippen molar-refractivity contribution in [2.75, 3.05) is 12.3 Å². The minimum atomic E-state index is -0.726. The normalized spacial score (nSPS) is 14.6. The van der Waals surface area contributed by atoms with E-state index in [2.05, 4.69) is 10.2 Å². The molecule has 1 aliphatic carbocycles. The fraction of sp³-hybridized carbons (Fsp3) is 0.308. The lowest BCUT2D eigenvalue weighted by Gasteiger charge is -2.12. The molecule has 1 fully saturated rings. The largest absolute Gasteiger partial charge is 0.490 e. The first-order valence-electron chi connectivity index (χ1n) is 6.06. The molecule has 4 nitrogen and oxygen atoms in total. The Labute approximate surface area is 108 Å². The number of benzene rings is 1. The lowest BCUT2D eigenvalue weighted by molar-refractivity contribution is 0.286. The summed E-state index contributed by atoms with van der Waals surface area (Å²) in [6.07, 6.45) is 3.60. The zero-order chi connectivity index (χ0) is 13.4. The minimum absolute atomic E-state index is 0.0291. The molecule has 19 heavy (non-hydrogen) atoms. The highest BCUT2D eigenvalue weighted by molar-refractivity contribution is 5.78. The third-order valence-electron chi connectivity index (χ3n) is 3.13. The molecule has 100 valence electrons. The van der Waals surface area contributed by atoms with Crippen LogP contribution in [0.1, 0.15) is 12.8 Å². The van der Waals surface area contributed by atoms with E-state index in [1.165, 1.54) is 12.3 Å². The van der Waals surface area contributed by atoms with Crippen LogP contribution in [0.4, 0.5) is 14.6 Å². The van der Waals surface area contributed by atoms with Crippen LogP contribution < -0.4 is 10.5 Å². The number of rotatable bonds is 4. The van der Waals surface area contributed by atoms with Gasteiger partial charge in [0.05, 0.1) is 12.8 Å². The monoisotopic (exact) mass is 265 g/mol. The van der Waals surface area contributed by atoms with Crippen molar-refractivity contribution in [1.82, 2.24) is 10.2 Å². The van der Waals surface area contributed by atoms with Gasteiger partial charge < -0.3 is 10.5 Å². The SMILES string of the molecule is Nc1[nH]ncc1-c1cc(F)cc(F)c1OCC1CC1. The predicted octanol–water partition coefficient (Wildman–Crippen LogP) is 2.73. The third-order valence-corrected chi connectivity index (χ3v) is 3.13. The Morgan fingerprint density at radius 1 is 1.32 bits per heavy atom. The number of H-pyrrole nitrogens is 1. The van der Waals surface area contributed by atoms with Crippen LogP contribution in [0.2, 0.25) is 0 Å². The van der Waals surface area contributed by atoms with Gasteiger partial charge in [-0.3, -0.25) is 5.10 Å². The van der Waals surface area contributed by atoms with Crippen LogP contribution in [0.3, 0.4) is 0 Å². The summed E-state index contributed by atoms with van der Waals surface area (Å²) >= 11 is 0. The lowest BCUT2D eigenvalue weighted by Crippen LogP contribution is -2.03. The molecule has 0 saturated heterocycles. The Hall–Kier alpha value is -2.11. The van der Waals surface area contributed by atoms with Crippen LogP contribution in [0.5, 0.6) is 5.75 Å². The van der Waals surface area contributed by atoms with E-state index < -0.39 is 11.6 Å². The van der Waals surface area contributed by atoms with Crippen molar-refractivity contribution in [3.8, 4) is 16.9 Å². The molecule has 1 heterocycles. The Morgan fingerprint density at radius 2 is 2.11 bits per heavy atom. The maximum atomic E-state index is 13.9. The van der Waals surface area contributed by atoms with Crippen molar-refractivity contribution in [2.45, 2.75) is 12.8 Å². The van der Waals surface area contributed by atoms with Crippen LogP contribution in [-0.4, -0.2) is 16.8 Å². The number of aromatic nitrogens is 2. The number of nitrogen functional groups attached to an aromatic ring is 1. The van der Waals surface area contributed by atoms with E-state index in [1.807, 2.05) is 0 Å². The lowest BCUT2D eigenvalue weighted by atomic mass is 10.1. The van der Waals surface area contributed by atoms with Crippen molar-refractivity contribution in [2.24, 2.45) is 5.92 Å². The Morgan fingerprint density at radius 3 is 2.74 bits per heavy atom. The summed E-state index contributed by atoms with van der Waals surface area (Å²) in [4.78, 5) is 0. The molecule has 0 aliphatic heterocycles. The Bertz CT molecular complexity index is 608. The Kier molecular flexibility index (Phi) is 2.85. The molecule has 1 aromatic carbocycles. The molecule has 3 N–H and O–H groups in total. The van der Waals surface area contributed by atoms with Gasteiger partial charge in [0.2, 0.25) is 0 Å². The Balaban J connectivity index is 2.02. The van der Waals surface area contributed by atoms with E-state index in [4.69, 9.17) is 10.5 Å². The van der Waals surface area contributed by atoms with Crippen LogP contribution >= 0.6 is 0 Å². The van der Waals surface area contributed by atoms with Crippen molar-refractivity contribution in [3.05, 3.63) is 30.0 Å². The highest BCUT2D eigenvalue weighted by Crippen LogP contribution is 2.37. The molecule has 0 bridgehead atoms. The number of hydrogen-bond donors (Lipinski definition) is 2. The number of halogens is 2. The van der Waals surface area contributed by atoms with Gasteiger partial charge >= 0.3 is 0 Å². The topological polar surface area (TPSA) is 63.9 Å². The molecule has 3 rings (SSSR count). The van der Waals surface area contributed by atoms with Crippen molar-refractivity contribution in [3.63, 3.8) is 0 Å². The molecular formula is C13H13F2N3O. The number of ether oxygens (including phenoxy) is 1. The van der Waals surface area contributed by atoms with Gasteiger partial charge in [0.25, 0.3) is 0 Å². The summed E-state index contributed by atoms with van der Waals surface area (Å²) in [5.74, 6) is -0.648.